The SMILES string of the molecule is CNC(c1cc(Cl)ccc1OC)c1cccc(OC)c1F. The van der Waals surface area contributed by atoms with Gasteiger partial charge in [-0.2, -0.15) is 0 Å². The zero-order valence-corrected chi connectivity index (χ0v) is 12.9. The Morgan fingerprint density at radius 2 is 1.76 bits per heavy atom. The van der Waals surface area contributed by atoms with E-state index in [1.54, 1.807) is 50.6 Å². The molecule has 0 aliphatic heterocycles. The minimum absolute atomic E-state index is 0.203. The zero-order valence-electron chi connectivity index (χ0n) is 12.1. The highest BCUT2D eigenvalue weighted by Gasteiger charge is 2.22. The monoisotopic (exact) mass is 309 g/mol. The maximum atomic E-state index is 14.5. The Hall–Kier alpha value is -1.78. The highest BCUT2D eigenvalue weighted by molar-refractivity contribution is 6.30. The van der Waals surface area contributed by atoms with E-state index in [-0.39, 0.29) is 5.75 Å². The number of hydrogen-bond acceptors (Lipinski definition) is 3. The summed E-state index contributed by atoms with van der Waals surface area (Å²) in [7, 11) is 4.77. The number of halogens is 2. The minimum atomic E-state index is -0.402. The zero-order chi connectivity index (χ0) is 15.4. The number of rotatable bonds is 5. The second-order valence-electron chi connectivity index (χ2n) is 4.47. The van der Waals surface area contributed by atoms with E-state index in [0.717, 1.165) is 5.56 Å². The van der Waals surface area contributed by atoms with Crippen LogP contribution in [0.1, 0.15) is 17.2 Å². The van der Waals surface area contributed by atoms with Gasteiger partial charge in [-0.05, 0) is 31.3 Å². The third-order valence-electron chi connectivity index (χ3n) is 3.32. The first-order chi connectivity index (χ1) is 10.1. The van der Waals surface area contributed by atoms with Gasteiger partial charge in [0.25, 0.3) is 0 Å². The van der Waals surface area contributed by atoms with Gasteiger partial charge < -0.3 is 14.8 Å². The van der Waals surface area contributed by atoms with Crippen molar-refractivity contribution in [2.24, 2.45) is 0 Å². The summed E-state index contributed by atoms with van der Waals surface area (Å²) in [4.78, 5) is 0. The molecule has 0 radical (unpaired) electrons. The predicted octanol–water partition coefficient (Wildman–Crippen LogP) is 3.81. The van der Waals surface area contributed by atoms with Gasteiger partial charge >= 0.3 is 0 Å². The van der Waals surface area contributed by atoms with Gasteiger partial charge in [0.2, 0.25) is 0 Å². The number of ether oxygens (including phenoxy) is 2. The normalized spacial score (nSPS) is 12.0. The summed E-state index contributed by atoms with van der Waals surface area (Å²) in [5.74, 6) is 0.441. The molecule has 0 aliphatic carbocycles. The van der Waals surface area contributed by atoms with Crippen LogP contribution in [0.25, 0.3) is 0 Å². The summed E-state index contributed by atoms with van der Waals surface area (Å²) >= 11 is 6.06. The van der Waals surface area contributed by atoms with E-state index in [1.165, 1.54) is 7.11 Å². The molecule has 0 aromatic heterocycles. The molecule has 0 saturated heterocycles. The number of methoxy groups -OCH3 is 2. The summed E-state index contributed by atoms with van der Waals surface area (Å²) in [5.41, 5.74) is 1.23. The van der Waals surface area contributed by atoms with E-state index in [0.29, 0.717) is 16.3 Å². The lowest BCUT2D eigenvalue weighted by Crippen LogP contribution is -2.20. The van der Waals surface area contributed by atoms with Crippen LogP contribution in [0.3, 0.4) is 0 Å². The Morgan fingerprint density at radius 3 is 2.38 bits per heavy atom. The first-order valence-electron chi connectivity index (χ1n) is 6.45. The molecule has 0 aliphatic rings. The van der Waals surface area contributed by atoms with E-state index in [2.05, 4.69) is 5.32 Å². The van der Waals surface area contributed by atoms with Crippen LogP contribution >= 0.6 is 11.6 Å². The van der Waals surface area contributed by atoms with E-state index in [4.69, 9.17) is 21.1 Å². The quantitative estimate of drug-likeness (QED) is 0.911. The molecule has 21 heavy (non-hydrogen) atoms. The van der Waals surface area contributed by atoms with Crippen LogP contribution in [-0.4, -0.2) is 21.3 Å². The third kappa shape index (κ3) is 3.12. The Balaban J connectivity index is 2.57. The summed E-state index contributed by atoms with van der Waals surface area (Å²) in [6.07, 6.45) is 0. The summed E-state index contributed by atoms with van der Waals surface area (Å²) in [5, 5.41) is 3.66. The fourth-order valence-corrected chi connectivity index (χ4v) is 2.50. The molecular formula is C16H17ClFNO2. The van der Waals surface area contributed by atoms with Crippen LogP contribution in [0, 0.1) is 5.82 Å². The van der Waals surface area contributed by atoms with Gasteiger partial charge in [-0.3, -0.25) is 0 Å². The molecule has 2 rings (SSSR count). The maximum Gasteiger partial charge on any atom is 0.170 e. The summed E-state index contributed by atoms with van der Waals surface area (Å²) in [6, 6.07) is 9.91. The van der Waals surface area contributed by atoms with Gasteiger partial charge in [-0.25, -0.2) is 4.39 Å². The van der Waals surface area contributed by atoms with Crippen molar-refractivity contribution in [3.8, 4) is 11.5 Å². The van der Waals surface area contributed by atoms with Crippen molar-refractivity contribution in [1.29, 1.82) is 0 Å². The first kappa shape index (κ1) is 15.6. The number of hydrogen-bond donors (Lipinski definition) is 1. The summed E-state index contributed by atoms with van der Waals surface area (Å²) in [6.45, 7) is 0. The van der Waals surface area contributed by atoms with Gasteiger partial charge in [0.05, 0.1) is 20.3 Å². The van der Waals surface area contributed by atoms with Crippen molar-refractivity contribution in [3.05, 3.63) is 58.4 Å². The third-order valence-corrected chi connectivity index (χ3v) is 3.55. The molecule has 0 fully saturated rings. The lowest BCUT2D eigenvalue weighted by Gasteiger charge is -2.21. The van der Waals surface area contributed by atoms with Gasteiger partial charge in [0.15, 0.2) is 11.6 Å². The molecular weight excluding hydrogens is 293 g/mol. The van der Waals surface area contributed by atoms with E-state index >= 15 is 0 Å². The maximum absolute atomic E-state index is 14.5. The molecule has 0 amide bonds. The van der Waals surface area contributed by atoms with Crippen LogP contribution in [0.5, 0.6) is 11.5 Å². The Labute approximate surface area is 128 Å². The van der Waals surface area contributed by atoms with Crippen molar-refractivity contribution in [2.75, 3.05) is 21.3 Å². The Kier molecular flexibility index (Phi) is 5.04. The second-order valence-corrected chi connectivity index (χ2v) is 4.91. The van der Waals surface area contributed by atoms with Crippen molar-refractivity contribution < 1.29 is 13.9 Å². The highest BCUT2D eigenvalue weighted by Crippen LogP contribution is 2.35. The fourth-order valence-electron chi connectivity index (χ4n) is 2.32. The molecule has 1 unspecified atom stereocenters. The Morgan fingerprint density at radius 1 is 1.05 bits per heavy atom. The predicted molar refractivity (Wildman–Crippen MR) is 81.9 cm³/mol. The highest BCUT2D eigenvalue weighted by atomic mass is 35.5. The van der Waals surface area contributed by atoms with Crippen LogP contribution in [0.15, 0.2) is 36.4 Å². The van der Waals surface area contributed by atoms with Gasteiger partial charge in [0.1, 0.15) is 5.75 Å². The second kappa shape index (κ2) is 6.78. The average molecular weight is 310 g/mol. The van der Waals surface area contributed by atoms with Gasteiger partial charge in [-0.1, -0.05) is 23.7 Å². The van der Waals surface area contributed by atoms with Crippen LogP contribution in [0.2, 0.25) is 5.02 Å². The van der Waals surface area contributed by atoms with Crippen LogP contribution in [-0.2, 0) is 0 Å². The topological polar surface area (TPSA) is 30.5 Å². The molecule has 1 atom stereocenters. The molecule has 1 N–H and O–H groups in total. The largest absolute Gasteiger partial charge is 0.496 e. The van der Waals surface area contributed by atoms with E-state index in [9.17, 15) is 4.39 Å². The average Bonchev–Trinajstić information content (AvgIpc) is 2.50. The fraction of sp³-hybridized carbons (Fsp3) is 0.250. The molecule has 5 heteroatoms. The molecule has 0 spiro atoms. The van der Waals surface area contributed by atoms with Crippen LogP contribution in [0.4, 0.5) is 4.39 Å². The lowest BCUT2D eigenvalue weighted by atomic mass is 9.97. The Bertz CT molecular complexity index is 634. The lowest BCUT2D eigenvalue weighted by molar-refractivity contribution is 0.380. The molecule has 0 bridgehead atoms. The molecule has 3 nitrogen and oxygen atoms in total. The van der Waals surface area contributed by atoms with E-state index in [1.807, 2.05) is 0 Å². The smallest absolute Gasteiger partial charge is 0.170 e. The van der Waals surface area contributed by atoms with Crippen molar-refractivity contribution in [3.63, 3.8) is 0 Å². The van der Waals surface area contributed by atoms with Crippen molar-refractivity contribution >= 4 is 11.6 Å². The molecule has 112 valence electrons. The molecule has 2 aromatic carbocycles. The first-order valence-corrected chi connectivity index (χ1v) is 6.83. The van der Waals surface area contributed by atoms with Crippen molar-refractivity contribution in [1.82, 2.24) is 5.32 Å². The standard InChI is InChI=1S/C16H17ClFNO2/c1-19-16(11-5-4-6-14(21-3)15(11)18)12-9-10(17)7-8-13(12)20-2/h4-9,16,19H,1-3H3. The molecule has 0 heterocycles. The van der Waals surface area contributed by atoms with E-state index < -0.39 is 11.9 Å². The van der Waals surface area contributed by atoms with Crippen LogP contribution < -0.4 is 14.8 Å². The number of benzene rings is 2. The minimum Gasteiger partial charge on any atom is -0.496 e. The van der Waals surface area contributed by atoms with Gasteiger partial charge in [-0.15, -0.1) is 0 Å². The van der Waals surface area contributed by atoms with Gasteiger partial charge in [0, 0.05) is 16.1 Å². The summed E-state index contributed by atoms with van der Waals surface area (Å²) < 4.78 is 24.9. The van der Waals surface area contributed by atoms with Crippen molar-refractivity contribution in [2.45, 2.75) is 6.04 Å². The number of nitrogens with one attached hydrogen (secondary N) is 1. The molecule has 0 saturated carbocycles. The molecule has 2 aromatic rings.